The fraction of sp³-hybridized carbons (Fsp3) is 0.381. The summed E-state index contributed by atoms with van der Waals surface area (Å²) in [6.45, 7) is 4.63. The molecule has 0 aromatic heterocycles. The molecule has 0 bridgehead atoms. The Balaban J connectivity index is 1.60. The second-order valence-corrected chi connectivity index (χ2v) is 7.66. The summed E-state index contributed by atoms with van der Waals surface area (Å²) in [6, 6.07) is 9.84. The van der Waals surface area contributed by atoms with E-state index in [-0.39, 0.29) is 11.3 Å². The van der Waals surface area contributed by atoms with Crippen molar-refractivity contribution in [2.75, 3.05) is 67.7 Å². The minimum absolute atomic E-state index is 0.103. The number of morpholine rings is 2. The molecule has 4 rings (SSSR count). The maximum atomic E-state index is 13.0. The number of hydrogen-bond acceptors (Lipinski definition) is 7. The molecule has 0 aliphatic carbocycles. The maximum Gasteiger partial charge on any atom is 0.293 e. The first-order valence-corrected chi connectivity index (χ1v) is 10.5. The minimum atomic E-state index is -0.458. The van der Waals surface area contributed by atoms with Crippen molar-refractivity contribution in [1.29, 1.82) is 0 Å². The van der Waals surface area contributed by atoms with Gasteiger partial charge in [-0.1, -0.05) is 17.7 Å². The normalized spacial score (nSPS) is 16.8. The van der Waals surface area contributed by atoms with Crippen molar-refractivity contribution >= 4 is 40.3 Å². The molecule has 0 radical (unpaired) electrons. The van der Waals surface area contributed by atoms with Gasteiger partial charge in [0.25, 0.3) is 11.6 Å². The van der Waals surface area contributed by atoms with Crippen LogP contribution < -0.4 is 15.1 Å². The number of rotatable bonds is 5. The van der Waals surface area contributed by atoms with Gasteiger partial charge < -0.3 is 24.6 Å². The number of hydrogen-bond donors (Lipinski definition) is 1. The SMILES string of the molecule is O=C(Nc1cccc(Cl)c1N1CCOCC1)c1ccc(N2CCOCC2)c([N+](=O)[O-])c1. The van der Waals surface area contributed by atoms with Crippen LogP contribution in [0.5, 0.6) is 0 Å². The second kappa shape index (κ2) is 9.51. The first-order chi connectivity index (χ1) is 15.0. The highest BCUT2D eigenvalue weighted by Crippen LogP contribution is 2.35. The number of halogens is 1. The van der Waals surface area contributed by atoms with E-state index in [9.17, 15) is 14.9 Å². The zero-order valence-corrected chi connectivity index (χ0v) is 17.6. The van der Waals surface area contributed by atoms with Crippen LogP contribution in [0, 0.1) is 10.1 Å². The monoisotopic (exact) mass is 446 g/mol. The lowest BCUT2D eigenvalue weighted by atomic mass is 10.1. The minimum Gasteiger partial charge on any atom is -0.378 e. The fourth-order valence-electron chi connectivity index (χ4n) is 3.80. The number of amides is 1. The first kappa shape index (κ1) is 21.4. The molecule has 2 fully saturated rings. The molecule has 1 amide bonds. The number of benzene rings is 2. The molecule has 9 nitrogen and oxygen atoms in total. The number of nitro benzene ring substituents is 1. The van der Waals surface area contributed by atoms with Gasteiger partial charge in [-0.3, -0.25) is 14.9 Å². The third-order valence-corrected chi connectivity index (χ3v) is 5.65. The van der Waals surface area contributed by atoms with Gasteiger partial charge in [0.15, 0.2) is 0 Å². The van der Waals surface area contributed by atoms with Crippen molar-refractivity contribution < 1.29 is 19.2 Å². The molecule has 2 aliphatic heterocycles. The molecule has 2 saturated heterocycles. The molecule has 10 heteroatoms. The molecule has 2 heterocycles. The van der Waals surface area contributed by atoms with Crippen LogP contribution in [0.1, 0.15) is 10.4 Å². The predicted molar refractivity (Wildman–Crippen MR) is 119 cm³/mol. The summed E-state index contributed by atoms with van der Waals surface area (Å²) < 4.78 is 10.7. The summed E-state index contributed by atoms with van der Waals surface area (Å²) in [6.07, 6.45) is 0. The van der Waals surface area contributed by atoms with Crippen LogP contribution in [0.4, 0.5) is 22.7 Å². The largest absolute Gasteiger partial charge is 0.378 e. The number of ether oxygens (including phenoxy) is 2. The third-order valence-electron chi connectivity index (χ3n) is 5.35. The second-order valence-electron chi connectivity index (χ2n) is 7.25. The van der Waals surface area contributed by atoms with E-state index in [0.29, 0.717) is 69.0 Å². The molecule has 164 valence electrons. The highest BCUT2D eigenvalue weighted by Gasteiger charge is 2.24. The summed E-state index contributed by atoms with van der Waals surface area (Å²) in [5, 5.41) is 15.1. The van der Waals surface area contributed by atoms with Gasteiger partial charge in [0.1, 0.15) is 5.69 Å². The quantitative estimate of drug-likeness (QED) is 0.556. The first-order valence-electron chi connectivity index (χ1n) is 10.1. The molecule has 2 aromatic carbocycles. The molecule has 0 saturated carbocycles. The Labute approximate surface area is 184 Å². The van der Waals surface area contributed by atoms with Crippen molar-refractivity contribution in [2.24, 2.45) is 0 Å². The third kappa shape index (κ3) is 4.73. The number of carbonyl (C=O) groups excluding carboxylic acids is 1. The van der Waals surface area contributed by atoms with Crippen LogP contribution in [0.25, 0.3) is 0 Å². The lowest BCUT2D eigenvalue weighted by Crippen LogP contribution is -2.37. The van der Waals surface area contributed by atoms with E-state index in [0.717, 1.165) is 5.69 Å². The Morgan fingerprint density at radius 2 is 1.65 bits per heavy atom. The average Bonchev–Trinajstić information content (AvgIpc) is 2.80. The van der Waals surface area contributed by atoms with Crippen LogP contribution >= 0.6 is 11.6 Å². The van der Waals surface area contributed by atoms with Crippen LogP contribution in [-0.2, 0) is 9.47 Å². The Hall–Kier alpha value is -2.88. The van der Waals surface area contributed by atoms with Crippen LogP contribution in [0.3, 0.4) is 0 Å². The van der Waals surface area contributed by atoms with Gasteiger partial charge in [-0.2, -0.15) is 0 Å². The molecule has 2 aromatic rings. The number of nitrogens with one attached hydrogen (secondary N) is 1. The molecule has 0 unspecified atom stereocenters. The summed E-state index contributed by atoms with van der Waals surface area (Å²) in [5.41, 5.74) is 1.87. The van der Waals surface area contributed by atoms with Gasteiger partial charge in [0.05, 0.1) is 47.7 Å². The Kier molecular flexibility index (Phi) is 6.55. The van der Waals surface area contributed by atoms with E-state index in [2.05, 4.69) is 10.2 Å². The maximum absolute atomic E-state index is 13.0. The van der Waals surface area contributed by atoms with E-state index < -0.39 is 10.8 Å². The molecule has 0 atom stereocenters. The lowest BCUT2D eigenvalue weighted by molar-refractivity contribution is -0.384. The smallest absolute Gasteiger partial charge is 0.293 e. The van der Waals surface area contributed by atoms with E-state index >= 15 is 0 Å². The van der Waals surface area contributed by atoms with Gasteiger partial charge in [0.2, 0.25) is 0 Å². The number of anilines is 3. The van der Waals surface area contributed by atoms with E-state index in [1.807, 2.05) is 4.90 Å². The number of nitro groups is 1. The van der Waals surface area contributed by atoms with E-state index in [1.165, 1.54) is 6.07 Å². The van der Waals surface area contributed by atoms with Crippen molar-refractivity contribution in [3.8, 4) is 0 Å². The Bertz CT molecular complexity index is 974. The molecule has 31 heavy (non-hydrogen) atoms. The highest BCUT2D eigenvalue weighted by atomic mass is 35.5. The zero-order valence-electron chi connectivity index (χ0n) is 16.9. The average molecular weight is 447 g/mol. The summed E-state index contributed by atoms with van der Waals surface area (Å²) in [5.74, 6) is -0.437. The van der Waals surface area contributed by atoms with Gasteiger partial charge >= 0.3 is 0 Å². The van der Waals surface area contributed by atoms with Crippen LogP contribution in [0.15, 0.2) is 36.4 Å². The van der Waals surface area contributed by atoms with Gasteiger partial charge in [-0.25, -0.2) is 0 Å². The van der Waals surface area contributed by atoms with Crippen molar-refractivity contribution in [1.82, 2.24) is 0 Å². The zero-order chi connectivity index (χ0) is 21.8. The number of para-hydroxylation sites is 1. The Morgan fingerprint density at radius 3 is 2.29 bits per heavy atom. The van der Waals surface area contributed by atoms with Gasteiger partial charge in [0, 0.05) is 37.8 Å². The Morgan fingerprint density at radius 1 is 1.00 bits per heavy atom. The molecular formula is C21H23ClN4O5. The molecule has 2 aliphatic rings. The highest BCUT2D eigenvalue weighted by molar-refractivity contribution is 6.34. The fourth-order valence-corrected chi connectivity index (χ4v) is 4.10. The summed E-state index contributed by atoms with van der Waals surface area (Å²) in [4.78, 5) is 28.2. The molecule has 1 N–H and O–H groups in total. The van der Waals surface area contributed by atoms with E-state index in [4.69, 9.17) is 21.1 Å². The summed E-state index contributed by atoms with van der Waals surface area (Å²) in [7, 11) is 0. The van der Waals surface area contributed by atoms with Gasteiger partial charge in [-0.05, 0) is 24.3 Å². The van der Waals surface area contributed by atoms with Crippen LogP contribution in [0.2, 0.25) is 5.02 Å². The standard InChI is InChI=1S/C21H23ClN4O5/c22-16-2-1-3-17(20(16)25-8-12-31-13-9-25)23-21(27)15-4-5-18(19(14-15)26(28)29)24-6-10-30-11-7-24/h1-5,14H,6-13H2,(H,23,27). The number of nitrogens with zero attached hydrogens (tertiary/aromatic N) is 3. The topological polar surface area (TPSA) is 97.2 Å². The van der Waals surface area contributed by atoms with Gasteiger partial charge in [-0.15, -0.1) is 0 Å². The number of carbonyl (C=O) groups is 1. The molecule has 0 spiro atoms. The predicted octanol–water partition coefficient (Wildman–Crippen LogP) is 3.17. The van der Waals surface area contributed by atoms with Crippen molar-refractivity contribution in [2.45, 2.75) is 0 Å². The van der Waals surface area contributed by atoms with Crippen LogP contribution in [-0.4, -0.2) is 63.4 Å². The van der Waals surface area contributed by atoms with Crippen molar-refractivity contribution in [3.05, 3.63) is 57.1 Å². The summed E-state index contributed by atoms with van der Waals surface area (Å²) >= 11 is 6.43. The molecular weight excluding hydrogens is 424 g/mol. The van der Waals surface area contributed by atoms with Crippen molar-refractivity contribution in [3.63, 3.8) is 0 Å². The van der Waals surface area contributed by atoms with E-state index in [1.54, 1.807) is 30.3 Å². The lowest BCUT2D eigenvalue weighted by Gasteiger charge is -2.31.